The van der Waals surface area contributed by atoms with E-state index in [4.69, 9.17) is 0 Å². The minimum absolute atomic E-state index is 0.192. The second-order valence-corrected chi connectivity index (χ2v) is 5.25. The molecule has 1 aromatic heterocycles. The van der Waals surface area contributed by atoms with Crippen LogP contribution >= 0.6 is 0 Å². The molecular formula is C16H19F2N. The van der Waals surface area contributed by atoms with Crippen LogP contribution in [0.25, 0.3) is 0 Å². The first-order valence-electron chi connectivity index (χ1n) is 7.02. The Morgan fingerprint density at radius 2 is 1.95 bits per heavy atom. The van der Waals surface area contributed by atoms with E-state index in [-0.39, 0.29) is 5.56 Å². The Bertz CT molecular complexity index is 479. The highest BCUT2D eigenvalue weighted by atomic mass is 19.1. The maximum absolute atomic E-state index is 13.3. The Balaban J connectivity index is 1.94. The van der Waals surface area contributed by atoms with Crippen LogP contribution in [0.4, 0.5) is 8.78 Å². The van der Waals surface area contributed by atoms with Crippen LogP contribution in [0.15, 0.2) is 12.1 Å². The summed E-state index contributed by atoms with van der Waals surface area (Å²) >= 11 is 0. The van der Waals surface area contributed by atoms with Gasteiger partial charge in [0.2, 0.25) is 11.9 Å². The molecule has 1 aliphatic carbocycles. The molecule has 1 aliphatic rings. The van der Waals surface area contributed by atoms with Crippen LogP contribution in [0, 0.1) is 35.6 Å². The Hall–Kier alpha value is -1.43. The van der Waals surface area contributed by atoms with Crippen molar-refractivity contribution in [2.24, 2.45) is 11.8 Å². The fourth-order valence-electron chi connectivity index (χ4n) is 2.69. The largest absolute Gasteiger partial charge is 0.231 e. The molecule has 0 aromatic carbocycles. The molecule has 0 spiro atoms. The normalized spacial score (nSPS) is 22.7. The summed E-state index contributed by atoms with van der Waals surface area (Å²) in [4.78, 5) is 3.14. The van der Waals surface area contributed by atoms with Gasteiger partial charge in [0.25, 0.3) is 0 Å². The molecule has 19 heavy (non-hydrogen) atoms. The summed E-state index contributed by atoms with van der Waals surface area (Å²) in [6.07, 6.45) is 7.17. The number of hydrogen-bond donors (Lipinski definition) is 0. The predicted molar refractivity (Wildman–Crippen MR) is 71.4 cm³/mol. The first kappa shape index (κ1) is 14.0. The highest BCUT2D eigenvalue weighted by Gasteiger charge is 2.18. The molecule has 102 valence electrons. The lowest BCUT2D eigenvalue weighted by atomic mass is 9.80. The van der Waals surface area contributed by atoms with Gasteiger partial charge < -0.3 is 0 Å². The minimum atomic E-state index is -0.813. The van der Waals surface area contributed by atoms with Crippen LogP contribution in [0.3, 0.4) is 0 Å². The first-order chi connectivity index (χ1) is 9.19. The summed E-state index contributed by atoms with van der Waals surface area (Å²) in [6, 6.07) is 2.50. The van der Waals surface area contributed by atoms with Gasteiger partial charge in [0.15, 0.2) is 0 Å². The zero-order chi connectivity index (χ0) is 13.7. The molecule has 1 heterocycles. The summed E-state index contributed by atoms with van der Waals surface area (Å²) in [5.41, 5.74) is 0.192. The van der Waals surface area contributed by atoms with Crippen LogP contribution in [0.5, 0.6) is 0 Å². The molecule has 0 unspecified atom stereocenters. The van der Waals surface area contributed by atoms with E-state index >= 15 is 0 Å². The number of aromatic nitrogens is 1. The number of nitrogens with zero attached hydrogens (tertiary/aromatic N) is 1. The van der Waals surface area contributed by atoms with Crippen molar-refractivity contribution in [1.82, 2.24) is 4.98 Å². The van der Waals surface area contributed by atoms with Crippen molar-refractivity contribution < 1.29 is 8.78 Å². The maximum Gasteiger partial charge on any atom is 0.231 e. The van der Waals surface area contributed by atoms with Crippen molar-refractivity contribution in [2.75, 3.05) is 0 Å². The maximum atomic E-state index is 13.3. The van der Waals surface area contributed by atoms with Crippen molar-refractivity contribution in [2.45, 2.75) is 45.4 Å². The molecule has 0 radical (unpaired) electrons. The lowest BCUT2D eigenvalue weighted by molar-refractivity contribution is 0.300. The van der Waals surface area contributed by atoms with Gasteiger partial charge in [-0.3, -0.25) is 0 Å². The zero-order valence-electron chi connectivity index (χ0n) is 11.3. The van der Waals surface area contributed by atoms with Gasteiger partial charge >= 0.3 is 0 Å². The van der Waals surface area contributed by atoms with Gasteiger partial charge in [0.05, 0.1) is 5.56 Å². The average Bonchev–Trinajstić information content (AvgIpc) is 2.40. The van der Waals surface area contributed by atoms with E-state index in [1.807, 2.05) is 0 Å². The molecular weight excluding hydrogens is 244 g/mol. The summed E-state index contributed by atoms with van der Waals surface area (Å²) in [6.45, 7) is 2.22. The molecule has 1 fully saturated rings. The van der Waals surface area contributed by atoms with Crippen molar-refractivity contribution in [1.29, 1.82) is 0 Å². The van der Waals surface area contributed by atoms with Crippen LogP contribution in [-0.2, 0) is 0 Å². The monoisotopic (exact) mass is 263 g/mol. The quantitative estimate of drug-likeness (QED) is 0.572. The molecule has 3 heteroatoms. The second-order valence-electron chi connectivity index (χ2n) is 5.25. The first-order valence-corrected chi connectivity index (χ1v) is 7.02. The Morgan fingerprint density at radius 1 is 1.21 bits per heavy atom. The van der Waals surface area contributed by atoms with Gasteiger partial charge in [-0.15, -0.1) is 0 Å². The Labute approximate surface area is 113 Å². The summed E-state index contributed by atoms with van der Waals surface area (Å²) < 4.78 is 26.0. The van der Waals surface area contributed by atoms with E-state index in [0.29, 0.717) is 5.92 Å². The highest BCUT2D eigenvalue weighted by molar-refractivity contribution is 5.33. The smallest absolute Gasteiger partial charge is 0.189 e. The van der Waals surface area contributed by atoms with Crippen LogP contribution in [-0.4, -0.2) is 4.98 Å². The Morgan fingerprint density at radius 3 is 2.58 bits per heavy atom. The van der Waals surface area contributed by atoms with Crippen molar-refractivity contribution >= 4 is 0 Å². The van der Waals surface area contributed by atoms with Gasteiger partial charge in [-0.05, 0) is 43.7 Å². The number of hydrogen-bond acceptors (Lipinski definition) is 1. The third kappa shape index (κ3) is 4.02. The van der Waals surface area contributed by atoms with Crippen LogP contribution in [0.1, 0.15) is 51.0 Å². The molecule has 0 N–H and O–H groups in total. The standard InChI is InChI=1S/C16H19F2N/c1-2-3-12-4-6-13(7-5-12)8-9-14-10-11-15(17)19-16(14)18/h10-13H,2-7H2,1H3. The lowest BCUT2D eigenvalue weighted by Gasteiger charge is -2.25. The van der Waals surface area contributed by atoms with E-state index in [1.165, 1.54) is 31.7 Å². The van der Waals surface area contributed by atoms with Crippen molar-refractivity contribution in [3.8, 4) is 11.8 Å². The van der Waals surface area contributed by atoms with E-state index in [0.717, 1.165) is 24.8 Å². The van der Waals surface area contributed by atoms with Crippen LogP contribution in [0.2, 0.25) is 0 Å². The lowest BCUT2D eigenvalue weighted by Crippen LogP contribution is -2.13. The molecule has 1 nitrogen and oxygen atoms in total. The molecule has 0 amide bonds. The van der Waals surface area contributed by atoms with Gasteiger partial charge in [-0.2, -0.15) is 13.8 Å². The average molecular weight is 263 g/mol. The zero-order valence-corrected chi connectivity index (χ0v) is 11.3. The SMILES string of the molecule is CCCC1CCC(C#Cc2ccc(F)nc2F)CC1. The molecule has 0 atom stereocenters. The summed E-state index contributed by atoms with van der Waals surface area (Å²) in [5.74, 6) is 5.48. The third-order valence-corrected chi connectivity index (χ3v) is 3.77. The molecule has 0 bridgehead atoms. The van der Waals surface area contributed by atoms with Crippen LogP contribution < -0.4 is 0 Å². The Kier molecular flexibility index (Phi) is 4.90. The molecule has 0 aliphatic heterocycles. The van der Waals surface area contributed by atoms with Gasteiger partial charge in [-0.1, -0.05) is 31.6 Å². The van der Waals surface area contributed by atoms with E-state index < -0.39 is 11.9 Å². The third-order valence-electron chi connectivity index (χ3n) is 3.77. The second kappa shape index (κ2) is 6.65. The molecule has 1 aromatic rings. The van der Waals surface area contributed by atoms with Crippen molar-refractivity contribution in [3.05, 3.63) is 29.6 Å². The fraction of sp³-hybridized carbons (Fsp3) is 0.562. The predicted octanol–water partition coefficient (Wildman–Crippen LogP) is 4.32. The van der Waals surface area contributed by atoms with E-state index in [9.17, 15) is 8.78 Å². The van der Waals surface area contributed by atoms with E-state index in [1.54, 1.807) is 0 Å². The number of halogens is 2. The summed E-state index contributed by atoms with van der Waals surface area (Å²) in [7, 11) is 0. The van der Waals surface area contributed by atoms with Gasteiger partial charge in [0.1, 0.15) is 0 Å². The molecule has 0 saturated heterocycles. The number of pyridine rings is 1. The van der Waals surface area contributed by atoms with E-state index in [2.05, 4.69) is 23.7 Å². The fourth-order valence-corrected chi connectivity index (χ4v) is 2.69. The van der Waals surface area contributed by atoms with Gasteiger partial charge in [-0.25, -0.2) is 0 Å². The minimum Gasteiger partial charge on any atom is -0.189 e. The molecule has 2 rings (SSSR count). The van der Waals surface area contributed by atoms with Crippen molar-refractivity contribution in [3.63, 3.8) is 0 Å². The molecule has 1 saturated carbocycles. The summed E-state index contributed by atoms with van der Waals surface area (Å²) in [5, 5.41) is 0. The van der Waals surface area contributed by atoms with Gasteiger partial charge in [0, 0.05) is 5.92 Å². The highest BCUT2D eigenvalue weighted by Crippen LogP contribution is 2.31. The number of rotatable bonds is 2. The topological polar surface area (TPSA) is 12.9 Å².